The number of para-hydroxylation sites is 1. The van der Waals surface area contributed by atoms with E-state index in [4.69, 9.17) is 0 Å². The molecule has 1 aromatic carbocycles. The van der Waals surface area contributed by atoms with Gasteiger partial charge in [-0.05, 0) is 38.3 Å². The fraction of sp³-hybridized carbons (Fsp3) is 0.560. The van der Waals surface area contributed by atoms with Crippen molar-refractivity contribution in [3.63, 3.8) is 0 Å². The summed E-state index contributed by atoms with van der Waals surface area (Å²) in [6, 6.07) is 5.70. The Kier molecular flexibility index (Phi) is 5.89. The number of β-lactam (4-membered cyclic amide) rings is 1. The lowest BCUT2D eigenvalue weighted by Gasteiger charge is -2.37. The molecule has 5 rings (SSSR count). The number of aromatic amines is 1. The van der Waals surface area contributed by atoms with Crippen LogP contribution in [0.15, 0.2) is 30.5 Å². The fourth-order valence-electron chi connectivity index (χ4n) is 5.78. The highest BCUT2D eigenvalue weighted by Crippen LogP contribution is 2.45. The first-order valence-corrected chi connectivity index (χ1v) is 13.9. The molecule has 3 heterocycles. The van der Waals surface area contributed by atoms with Gasteiger partial charge in [0.05, 0.1) is 11.2 Å². The largest absolute Gasteiger partial charge is 0.361 e. The molecule has 3 atom stereocenters. The Hall–Kier alpha value is -2.88. The van der Waals surface area contributed by atoms with Crippen LogP contribution in [0.5, 0.6) is 0 Å². The molecular weight excluding hydrogens is 468 g/mol. The summed E-state index contributed by atoms with van der Waals surface area (Å²) in [5.74, 6) is -1.26. The molecule has 1 aromatic heterocycles. The monoisotopic (exact) mass is 500 g/mol. The lowest BCUT2D eigenvalue weighted by Crippen LogP contribution is -2.62. The molecule has 9 nitrogen and oxygen atoms in total. The summed E-state index contributed by atoms with van der Waals surface area (Å²) < 4.78 is 24.5. The van der Waals surface area contributed by atoms with Gasteiger partial charge in [-0.2, -0.15) is 0 Å². The van der Waals surface area contributed by atoms with Crippen LogP contribution >= 0.6 is 0 Å². The minimum Gasteiger partial charge on any atom is -0.361 e. The zero-order valence-corrected chi connectivity index (χ0v) is 20.9. The van der Waals surface area contributed by atoms with Crippen LogP contribution in [-0.2, 0) is 30.6 Å². The highest BCUT2D eigenvalue weighted by Gasteiger charge is 2.67. The van der Waals surface area contributed by atoms with E-state index in [0.717, 1.165) is 48.6 Å². The Morgan fingerprint density at radius 1 is 1.17 bits per heavy atom. The SMILES string of the molecule is CC1(C)[C@H](C(=O)N[C@@H](Cc2c[nH]c3ccccc23)C(=O)NC2CCCCC2)N2C(=O)C[C@@H]2S1(=O)=O. The summed E-state index contributed by atoms with van der Waals surface area (Å²) in [5, 5.41) is 5.91. The molecule has 35 heavy (non-hydrogen) atoms. The van der Waals surface area contributed by atoms with E-state index in [1.165, 1.54) is 18.7 Å². The quantitative estimate of drug-likeness (QED) is 0.521. The third kappa shape index (κ3) is 3.91. The lowest BCUT2D eigenvalue weighted by atomic mass is 9.94. The van der Waals surface area contributed by atoms with Crippen LogP contribution in [-0.4, -0.2) is 64.3 Å². The minimum atomic E-state index is -3.71. The van der Waals surface area contributed by atoms with Gasteiger partial charge >= 0.3 is 0 Å². The average Bonchev–Trinajstić information content (AvgIpc) is 3.28. The highest BCUT2D eigenvalue weighted by molar-refractivity contribution is 7.93. The highest BCUT2D eigenvalue weighted by atomic mass is 32.2. The lowest BCUT2D eigenvalue weighted by molar-refractivity contribution is -0.150. The second-order valence-electron chi connectivity index (χ2n) is 10.5. The molecule has 0 radical (unpaired) electrons. The van der Waals surface area contributed by atoms with Crippen LogP contribution in [0, 0.1) is 0 Å². The summed E-state index contributed by atoms with van der Waals surface area (Å²) in [5.41, 5.74) is 1.80. The number of nitrogens with zero attached hydrogens (tertiary/aromatic N) is 1. The van der Waals surface area contributed by atoms with Crippen molar-refractivity contribution in [3.05, 3.63) is 36.0 Å². The maximum atomic E-state index is 13.5. The van der Waals surface area contributed by atoms with Crippen molar-refractivity contribution in [1.82, 2.24) is 20.5 Å². The minimum absolute atomic E-state index is 0.0586. The predicted octanol–water partition coefficient (Wildman–Crippen LogP) is 1.78. The molecule has 0 spiro atoms. The summed E-state index contributed by atoms with van der Waals surface area (Å²) in [6.45, 7) is 2.96. The van der Waals surface area contributed by atoms with Gasteiger partial charge in [-0.25, -0.2) is 8.42 Å². The molecule has 0 bridgehead atoms. The molecular formula is C25H32N4O5S. The number of carbonyl (C=O) groups excluding carboxylic acids is 3. The number of hydrogen-bond acceptors (Lipinski definition) is 5. The van der Waals surface area contributed by atoms with Crippen LogP contribution in [0.3, 0.4) is 0 Å². The molecule has 3 fully saturated rings. The summed E-state index contributed by atoms with van der Waals surface area (Å²) in [4.78, 5) is 43.6. The van der Waals surface area contributed by atoms with Gasteiger partial charge in [-0.1, -0.05) is 37.5 Å². The van der Waals surface area contributed by atoms with E-state index in [-0.39, 0.29) is 30.7 Å². The number of sulfone groups is 1. The van der Waals surface area contributed by atoms with Crippen molar-refractivity contribution in [3.8, 4) is 0 Å². The first-order chi connectivity index (χ1) is 16.6. The Bertz CT molecular complexity index is 1280. The van der Waals surface area contributed by atoms with Gasteiger partial charge in [0.25, 0.3) is 0 Å². The Morgan fingerprint density at radius 3 is 2.60 bits per heavy atom. The van der Waals surface area contributed by atoms with Crippen LogP contribution in [0.1, 0.15) is 57.9 Å². The Labute approximate surface area is 204 Å². The molecule has 10 heteroatoms. The number of nitrogens with one attached hydrogen (secondary N) is 3. The van der Waals surface area contributed by atoms with Crippen LogP contribution in [0.4, 0.5) is 0 Å². The number of hydrogen-bond donors (Lipinski definition) is 3. The molecule has 3 aliphatic rings. The van der Waals surface area contributed by atoms with E-state index in [0.29, 0.717) is 0 Å². The molecule has 1 aliphatic carbocycles. The number of H-pyrrole nitrogens is 1. The molecule has 3 amide bonds. The number of aromatic nitrogens is 1. The van der Waals surface area contributed by atoms with E-state index < -0.39 is 37.9 Å². The fourth-order valence-corrected chi connectivity index (χ4v) is 7.92. The number of amides is 3. The van der Waals surface area contributed by atoms with E-state index in [9.17, 15) is 22.8 Å². The molecule has 2 saturated heterocycles. The van der Waals surface area contributed by atoms with Crippen molar-refractivity contribution in [2.45, 2.75) is 87.0 Å². The molecule has 2 aromatic rings. The second-order valence-corrected chi connectivity index (χ2v) is 13.2. The molecule has 0 unspecified atom stereocenters. The Morgan fingerprint density at radius 2 is 1.89 bits per heavy atom. The van der Waals surface area contributed by atoms with Gasteiger partial charge in [0.1, 0.15) is 17.5 Å². The number of fused-ring (bicyclic) bond motifs is 2. The third-order valence-corrected chi connectivity index (χ3v) is 10.7. The Balaban J connectivity index is 1.41. The predicted molar refractivity (Wildman–Crippen MR) is 131 cm³/mol. The zero-order chi connectivity index (χ0) is 25.0. The zero-order valence-electron chi connectivity index (χ0n) is 20.0. The molecule has 188 valence electrons. The van der Waals surface area contributed by atoms with Gasteiger partial charge in [0, 0.05) is 29.6 Å². The number of carbonyl (C=O) groups is 3. The first-order valence-electron chi connectivity index (χ1n) is 12.3. The van der Waals surface area contributed by atoms with E-state index in [2.05, 4.69) is 15.6 Å². The van der Waals surface area contributed by atoms with Crippen molar-refractivity contribution in [2.75, 3.05) is 0 Å². The van der Waals surface area contributed by atoms with E-state index in [1.807, 2.05) is 30.5 Å². The van der Waals surface area contributed by atoms with Crippen molar-refractivity contribution < 1.29 is 22.8 Å². The maximum Gasteiger partial charge on any atom is 0.245 e. The smallest absolute Gasteiger partial charge is 0.245 e. The summed E-state index contributed by atoms with van der Waals surface area (Å²) in [7, 11) is -3.71. The van der Waals surface area contributed by atoms with Gasteiger partial charge in [0.15, 0.2) is 9.84 Å². The van der Waals surface area contributed by atoms with Crippen LogP contribution < -0.4 is 10.6 Å². The van der Waals surface area contributed by atoms with Crippen molar-refractivity contribution in [2.24, 2.45) is 0 Å². The van der Waals surface area contributed by atoms with Crippen molar-refractivity contribution in [1.29, 1.82) is 0 Å². The van der Waals surface area contributed by atoms with Crippen molar-refractivity contribution >= 4 is 38.5 Å². The standard InChI is InChI=1S/C25H32N4O5S/c1-25(2)22(29-20(30)13-21(29)35(25,33)34)24(32)28-19(23(31)27-16-8-4-3-5-9-16)12-15-14-26-18-11-7-6-10-17(15)18/h6-7,10-11,14,16,19,21-22,26H,3-5,8-9,12-13H2,1-2H3,(H,27,31)(H,28,32)/t19-,21-,22-/m0/s1. The molecule has 3 N–H and O–H groups in total. The summed E-state index contributed by atoms with van der Waals surface area (Å²) in [6.07, 6.45) is 7.03. The van der Waals surface area contributed by atoms with E-state index >= 15 is 0 Å². The van der Waals surface area contributed by atoms with Gasteiger partial charge < -0.3 is 20.5 Å². The normalized spacial score (nSPS) is 26.1. The third-order valence-electron chi connectivity index (χ3n) is 7.91. The number of benzene rings is 1. The number of rotatable bonds is 6. The van der Waals surface area contributed by atoms with Gasteiger partial charge in [-0.15, -0.1) is 0 Å². The first kappa shape index (κ1) is 23.8. The van der Waals surface area contributed by atoms with E-state index in [1.54, 1.807) is 0 Å². The molecule has 2 aliphatic heterocycles. The van der Waals surface area contributed by atoms with Gasteiger partial charge in [0.2, 0.25) is 17.7 Å². The van der Waals surface area contributed by atoms with Gasteiger partial charge in [-0.3, -0.25) is 14.4 Å². The second kappa shape index (κ2) is 8.65. The molecule has 1 saturated carbocycles. The average molecular weight is 501 g/mol. The van der Waals surface area contributed by atoms with Crippen LogP contribution in [0.25, 0.3) is 10.9 Å². The summed E-state index contributed by atoms with van der Waals surface area (Å²) >= 11 is 0. The maximum absolute atomic E-state index is 13.5. The topological polar surface area (TPSA) is 128 Å². The van der Waals surface area contributed by atoms with Crippen LogP contribution in [0.2, 0.25) is 0 Å².